The molecule has 0 radical (unpaired) electrons. The Balaban J connectivity index is 1.67. The second kappa shape index (κ2) is 5.18. The van der Waals surface area contributed by atoms with Gasteiger partial charge in [-0.1, -0.05) is 42.1 Å². The molecule has 3 heterocycles. The standard InChI is InChI=1S/C16H12N4S/c1-2-10-20-14(8-1)18-19-16(20)21-11-13-6-3-5-12-7-4-9-17-15(12)13/h1-10H,11H2. The van der Waals surface area contributed by atoms with Gasteiger partial charge in [0.25, 0.3) is 0 Å². The van der Waals surface area contributed by atoms with E-state index >= 15 is 0 Å². The number of nitrogens with zero attached hydrogens (tertiary/aromatic N) is 4. The molecule has 0 aliphatic carbocycles. The first kappa shape index (κ1) is 12.3. The van der Waals surface area contributed by atoms with E-state index in [0.717, 1.165) is 22.1 Å². The summed E-state index contributed by atoms with van der Waals surface area (Å²) in [5.74, 6) is 0.823. The molecule has 102 valence electrons. The molecule has 4 aromatic rings. The normalized spacial score (nSPS) is 11.2. The number of hydrogen-bond donors (Lipinski definition) is 0. The molecule has 0 amide bonds. The number of pyridine rings is 2. The van der Waals surface area contributed by atoms with Crippen LogP contribution in [0.3, 0.4) is 0 Å². The Bertz CT molecular complexity index is 911. The Morgan fingerprint density at radius 1 is 0.952 bits per heavy atom. The SMILES string of the molecule is c1cnc2c(CSc3nnc4ccccn34)cccc2c1. The maximum Gasteiger partial charge on any atom is 0.195 e. The fourth-order valence-electron chi connectivity index (χ4n) is 2.34. The van der Waals surface area contributed by atoms with E-state index < -0.39 is 0 Å². The van der Waals surface area contributed by atoms with Gasteiger partial charge in [-0.25, -0.2) is 0 Å². The van der Waals surface area contributed by atoms with Gasteiger partial charge < -0.3 is 0 Å². The third kappa shape index (κ3) is 2.25. The highest BCUT2D eigenvalue weighted by atomic mass is 32.2. The Labute approximate surface area is 125 Å². The zero-order chi connectivity index (χ0) is 14.1. The smallest absolute Gasteiger partial charge is 0.195 e. The Morgan fingerprint density at radius 3 is 2.90 bits per heavy atom. The van der Waals surface area contributed by atoms with Crippen LogP contribution in [0.1, 0.15) is 5.56 Å². The molecule has 5 heteroatoms. The second-order valence-corrected chi connectivity index (χ2v) is 5.63. The van der Waals surface area contributed by atoms with Crippen LogP contribution in [0.2, 0.25) is 0 Å². The number of fused-ring (bicyclic) bond motifs is 2. The lowest BCUT2D eigenvalue weighted by atomic mass is 10.1. The van der Waals surface area contributed by atoms with Crippen molar-refractivity contribution in [2.75, 3.05) is 0 Å². The molecule has 0 bridgehead atoms. The van der Waals surface area contributed by atoms with Crippen molar-refractivity contribution in [2.45, 2.75) is 10.9 Å². The van der Waals surface area contributed by atoms with Crippen molar-refractivity contribution < 1.29 is 0 Å². The summed E-state index contributed by atoms with van der Waals surface area (Å²) < 4.78 is 2.00. The minimum absolute atomic E-state index is 0.823. The van der Waals surface area contributed by atoms with Crippen LogP contribution in [-0.4, -0.2) is 19.6 Å². The van der Waals surface area contributed by atoms with E-state index in [0.29, 0.717) is 0 Å². The molecule has 21 heavy (non-hydrogen) atoms. The van der Waals surface area contributed by atoms with Gasteiger partial charge >= 0.3 is 0 Å². The second-order valence-electron chi connectivity index (χ2n) is 4.69. The van der Waals surface area contributed by atoms with Crippen LogP contribution in [0.15, 0.2) is 66.1 Å². The predicted octanol–water partition coefficient (Wildman–Crippen LogP) is 3.57. The zero-order valence-electron chi connectivity index (χ0n) is 11.2. The number of benzene rings is 1. The summed E-state index contributed by atoms with van der Waals surface area (Å²) in [6.45, 7) is 0. The summed E-state index contributed by atoms with van der Waals surface area (Å²) in [6, 6.07) is 16.2. The highest BCUT2D eigenvalue weighted by molar-refractivity contribution is 7.98. The van der Waals surface area contributed by atoms with Crippen molar-refractivity contribution in [2.24, 2.45) is 0 Å². The van der Waals surface area contributed by atoms with Crippen molar-refractivity contribution in [3.8, 4) is 0 Å². The molecule has 4 nitrogen and oxygen atoms in total. The molecule has 0 aliphatic rings. The van der Waals surface area contributed by atoms with Gasteiger partial charge in [0.2, 0.25) is 0 Å². The van der Waals surface area contributed by atoms with E-state index in [1.807, 2.05) is 41.1 Å². The van der Waals surface area contributed by atoms with Crippen LogP contribution >= 0.6 is 11.8 Å². The zero-order valence-corrected chi connectivity index (χ0v) is 12.0. The largest absolute Gasteiger partial charge is 0.277 e. The van der Waals surface area contributed by atoms with Crippen LogP contribution < -0.4 is 0 Å². The van der Waals surface area contributed by atoms with Gasteiger partial charge in [0, 0.05) is 23.5 Å². The highest BCUT2D eigenvalue weighted by Gasteiger charge is 2.07. The number of rotatable bonds is 3. The predicted molar refractivity (Wildman–Crippen MR) is 84.3 cm³/mol. The first-order valence-electron chi connectivity index (χ1n) is 6.67. The Hall–Kier alpha value is -2.40. The van der Waals surface area contributed by atoms with Gasteiger partial charge in [0.1, 0.15) is 0 Å². The van der Waals surface area contributed by atoms with Gasteiger partial charge in [-0.15, -0.1) is 10.2 Å². The average Bonchev–Trinajstić information content (AvgIpc) is 2.96. The van der Waals surface area contributed by atoms with Crippen LogP contribution in [0.4, 0.5) is 0 Å². The molecule has 0 unspecified atom stereocenters. The topological polar surface area (TPSA) is 43.1 Å². The molecular formula is C16H12N4S. The van der Waals surface area contributed by atoms with Gasteiger partial charge in [-0.05, 0) is 23.8 Å². The van der Waals surface area contributed by atoms with Gasteiger partial charge in [0.05, 0.1) is 5.52 Å². The van der Waals surface area contributed by atoms with E-state index in [1.165, 1.54) is 10.9 Å². The van der Waals surface area contributed by atoms with Crippen molar-refractivity contribution in [3.05, 3.63) is 66.5 Å². The fraction of sp³-hybridized carbons (Fsp3) is 0.0625. The van der Waals surface area contributed by atoms with Gasteiger partial charge in [0.15, 0.2) is 10.8 Å². The number of thioether (sulfide) groups is 1. The lowest BCUT2D eigenvalue weighted by Gasteiger charge is -2.04. The summed E-state index contributed by atoms with van der Waals surface area (Å²) in [7, 11) is 0. The molecule has 1 aromatic carbocycles. The number of hydrogen-bond acceptors (Lipinski definition) is 4. The molecule has 0 atom stereocenters. The van der Waals surface area contributed by atoms with Crippen LogP contribution in [0.5, 0.6) is 0 Å². The maximum atomic E-state index is 4.49. The van der Waals surface area contributed by atoms with Crippen LogP contribution in [-0.2, 0) is 5.75 Å². The van der Waals surface area contributed by atoms with E-state index in [2.05, 4.69) is 39.4 Å². The van der Waals surface area contributed by atoms with Crippen molar-refractivity contribution in [1.82, 2.24) is 19.6 Å². The molecule has 4 rings (SSSR count). The van der Waals surface area contributed by atoms with Crippen LogP contribution in [0, 0.1) is 0 Å². The van der Waals surface area contributed by atoms with Crippen molar-refractivity contribution in [3.63, 3.8) is 0 Å². The molecule has 3 aromatic heterocycles. The maximum absolute atomic E-state index is 4.49. The summed E-state index contributed by atoms with van der Waals surface area (Å²) in [5, 5.41) is 10.5. The van der Waals surface area contributed by atoms with E-state index in [4.69, 9.17) is 0 Å². The molecule has 0 saturated heterocycles. The summed E-state index contributed by atoms with van der Waals surface area (Å²) >= 11 is 1.67. The van der Waals surface area contributed by atoms with Gasteiger partial charge in [-0.3, -0.25) is 9.38 Å². The molecule has 0 N–H and O–H groups in total. The molecular weight excluding hydrogens is 280 g/mol. The third-order valence-corrected chi connectivity index (χ3v) is 4.35. The quantitative estimate of drug-likeness (QED) is 0.541. The van der Waals surface area contributed by atoms with E-state index in [1.54, 1.807) is 11.8 Å². The Kier molecular flexibility index (Phi) is 3.05. The third-order valence-electron chi connectivity index (χ3n) is 3.36. The average molecular weight is 292 g/mol. The summed E-state index contributed by atoms with van der Waals surface area (Å²) in [6.07, 6.45) is 3.82. The minimum Gasteiger partial charge on any atom is -0.277 e. The molecule has 0 aliphatic heterocycles. The molecule has 0 fully saturated rings. The van der Waals surface area contributed by atoms with Crippen LogP contribution in [0.25, 0.3) is 16.6 Å². The minimum atomic E-state index is 0.823. The first-order valence-corrected chi connectivity index (χ1v) is 7.65. The Morgan fingerprint density at radius 2 is 1.90 bits per heavy atom. The van der Waals surface area contributed by atoms with E-state index in [9.17, 15) is 0 Å². The number of aromatic nitrogens is 4. The van der Waals surface area contributed by atoms with Gasteiger partial charge in [-0.2, -0.15) is 0 Å². The fourth-order valence-corrected chi connectivity index (χ4v) is 3.25. The number of para-hydroxylation sites is 1. The summed E-state index contributed by atoms with van der Waals surface area (Å²) in [4.78, 5) is 4.49. The highest BCUT2D eigenvalue weighted by Crippen LogP contribution is 2.25. The lowest BCUT2D eigenvalue weighted by molar-refractivity contribution is 0.921. The summed E-state index contributed by atoms with van der Waals surface area (Å²) in [5.41, 5.74) is 3.14. The first-order chi connectivity index (χ1) is 10.4. The van der Waals surface area contributed by atoms with Crippen molar-refractivity contribution in [1.29, 1.82) is 0 Å². The van der Waals surface area contributed by atoms with Crippen molar-refractivity contribution >= 4 is 28.3 Å². The molecule has 0 saturated carbocycles. The molecule has 0 spiro atoms. The monoisotopic (exact) mass is 292 g/mol. The lowest BCUT2D eigenvalue weighted by Crippen LogP contribution is -1.90. The van der Waals surface area contributed by atoms with E-state index in [-0.39, 0.29) is 0 Å².